The molecule has 0 bridgehead atoms. The molecule has 0 heterocycles. The molecule has 0 aromatic heterocycles. The molecule has 0 rings (SSSR count). The number of rotatable bonds is 6. The molecule has 0 aliphatic heterocycles. The molecule has 0 saturated heterocycles. The molecule has 65 valence electrons. The molecule has 0 amide bonds. The highest BCUT2D eigenvalue weighted by molar-refractivity contribution is 4.80. The van der Waals surface area contributed by atoms with Gasteiger partial charge in [0.1, 0.15) is 0 Å². The lowest BCUT2D eigenvalue weighted by atomic mass is 10.3. The standard InChI is InChI=1S/C9H17O2/c1-5-9(7-10-6-2)11-8(3)4/h5,8-9H,1,3,6-7H2,2,4H3. The van der Waals surface area contributed by atoms with Gasteiger partial charge < -0.3 is 9.47 Å². The molecule has 11 heavy (non-hydrogen) atoms. The highest BCUT2D eigenvalue weighted by Crippen LogP contribution is 1.99. The Morgan fingerprint density at radius 1 is 1.55 bits per heavy atom. The minimum atomic E-state index is -0.0255. The van der Waals surface area contributed by atoms with Crippen LogP contribution >= 0.6 is 0 Å². The maximum Gasteiger partial charge on any atom is 0.0990 e. The molecule has 2 nitrogen and oxygen atoms in total. The highest BCUT2D eigenvalue weighted by atomic mass is 16.5. The Bertz CT molecular complexity index is 99.7. The van der Waals surface area contributed by atoms with Crippen LogP contribution in [-0.2, 0) is 9.47 Å². The van der Waals surface area contributed by atoms with Gasteiger partial charge >= 0.3 is 0 Å². The zero-order chi connectivity index (χ0) is 8.69. The van der Waals surface area contributed by atoms with Crippen molar-refractivity contribution < 1.29 is 9.47 Å². The number of hydrogen-bond acceptors (Lipinski definition) is 2. The van der Waals surface area contributed by atoms with Gasteiger partial charge in [-0.2, -0.15) is 0 Å². The van der Waals surface area contributed by atoms with Gasteiger partial charge in [-0.1, -0.05) is 6.08 Å². The minimum Gasteiger partial charge on any atom is -0.379 e. The van der Waals surface area contributed by atoms with Gasteiger partial charge in [0.15, 0.2) is 0 Å². The third-order valence-corrected chi connectivity index (χ3v) is 1.16. The quantitative estimate of drug-likeness (QED) is 0.547. The van der Waals surface area contributed by atoms with E-state index < -0.39 is 0 Å². The summed E-state index contributed by atoms with van der Waals surface area (Å²) in [5.74, 6) is 0. The molecule has 2 heteroatoms. The number of hydrogen-bond donors (Lipinski definition) is 0. The van der Waals surface area contributed by atoms with Crippen LogP contribution in [-0.4, -0.2) is 25.4 Å². The second-order valence-corrected chi connectivity index (χ2v) is 2.38. The summed E-state index contributed by atoms with van der Waals surface area (Å²) >= 11 is 0. The molecule has 2 atom stereocenters. The largest absolute Gasteiger partial charge is 0.379 e. The van der Waals surface area contributed by atoms with Crippen LogP contribution in [0.4, 0.5) is 0 Å². The Balaban J connectivity index is 3.49. The second kappa shape index (κ2) is 6.38. The summed E-state index contributed by atoms with van der Waals surface area (Å²) in [5.41, 5.74) is 0. The van der Waals surface area contributed by atoms with Crippen molar-refractivity contribution in [3.8, 4) is 0 Å². The van der Waals surface area contributed by atoms with Crippen molar-refractivity contribution in [2.24, 2.45) is 0 Å². The third kappa shape index (κ3) is 6.07. The number of ether oxygens (including phenoxy) is 2. The molecule has 0 aromatic carbocycles. The SMILES string of the molecule is [CH2]C(C)OC(C=C)COCC. The predicted octanol–water partition coefficient (Wildman–Crippen LogP) is 1.82. The molecule has 0 fully saturated rings. The molecule has 0 saturated carbocycles. The monoisotopic (exact) mass is 157 g/mol. The average Bonchev–Trinajstić information content (AvgIpc) is 1.97. The first-order valence-corrected chi connectivity index (χ1v) is 3.89. The molecule has 0 aliphatic carbocycles. The Labute approximate surface area is 69.2 Å². The summed E-state index contributed by atoms with van der Waals surface area (Å²) in [5, 5.41) is 0. The predicted molar refractivity (Wildman–Crippen MR) is 46.4 cm³/mol. The fraction of sp³-hybridized carbons (Fsp3) is 0.667. The van der Waals surface area contributed by atoms with Gasteiger partial charge in [-0.3, -0.25) is 0 Å². The minimum absolute atomic E-state index is 0.0153. The van der Waals surface area contributed by atoms with E-state index >= 15 is 0 Å². The Hall–Kier alpha value is -0.340. The van der Waals surface area contributed by atoms with Crippen molar-refractivity contribution in [2.45, 2.75) is 26.1 Å². The topological polar surface area (TPSA) is 18.5 Å². The first-order chi connectivity index (χ1) is 5.20. The van der Waals surface area contributed by atoms with E-state index in [2.05, 4.69) is 13.5 Å². The van der Waals surface area contributed by atoms with Crippen LogP contribution in [0, 0.1) is 6.92 Å². The van der Waals surface area contributed by atoms with Crippen molar-refractivity contribution in [1.29, 1.82) is 0 Å². The lowest BCUT2D eigenvalue weighted by molar-refractivity contribution is -0.00848. The van der Waals surface area contributed by atoms with Gasteiger partial charge in [-0.25, -0.2) is 0 Å². The van der Waals surface area contributed by atoms with E-state index in [1.54, 1.807) is 6.08 Å². The van der Waals surface area contributed by atoms with Crippen molar-refractivity contribution in [3.63, 3.8) is 0 Å². The summed E-state index contributed by atoms with van der Waals surface area (Å²) in [6.45, 7) is 12.5. The first kappa shape index (κ1) is 10.7. The van der Waals surface area contributed by atoms with Gasteiger partial charge in [0.25, 0.3) is 0 Å². The normalized spacial score (nSPS) is 13.5. The highest BCUT2D eigenvalue weighted by Gasteiger charge is 2.05. The molecule has 0 aromatic rings. The summed E-state index contributed by atoms with van der Waals surface area (Å²) < 4.78 is 10.5. The maximum atomic E-state index is 5.35. The van der Waals surface area contributed by atoms with E-state index in [4.69, 9.17) is 9.47 Å². The van der Waals surface area contributed by atoms with E-state index in [-0.39, 0.29) is 12.2 Å². The smallest absolute Gasteiger partial charge is 0.0990 e. The van der Waals surface area contributed by atoms with E-state index in [1.807, 2.05) is 13.8 Å². The fourth-order valence-corrected chi connectivity index (χ4v) is 0.695. The van der Waals surface area contributed by atoms with Crippen LogP contribution in [0.15, 0.2) is 12.7 Å². The van der Waals surface area contributed by atoms with Crippen LogP contribution in [0.25, 0.3) is 0 Å². The molecular weight excluding hydrogens is 140 g/mol. The van der Waals surface area contributed by atoms with E-state index in [0.29, 0.717) is 13.2 Å². The fourth-order valence-electron chi connectivity index (χ4n) is 0.695. The molecule has 2 unspecified atom stereocenters. The van der Waals surface area contributed by atoms with Crippen molar-refractivity contribution in [1.82, 2.24) is 0 Å². The Morgan fingerprint density at radius 2 is 2.18 bits per heavy atom. The van der Waals surface area contributed by atoms with Gasteiger partial charge in [-0.15, -0.1) is 6.58 Å². The molecule has 0 aliphatic rings. The summed E-state index contributed by atoms with van der Waals surface area (Å²) in [7, 11) is 0. The Kier molecular flexibility index (Phi) is 6.18. The van der Waals surface area contributed by atoms with E-state index in [1.165, 1.54) is 0 Å². The van der Waals surface area contributed by atoms with Crippen LogP contribution in [0.5, 0.6) is 0 Å². The summed E-state index contributed by atoms with van der Waals surface area (Å²) in [6, 6.07) is 0. The van der Waals surface area contributed by atoms with Crippen molar-refractivity contribution >= 4 is 0 Å². The second-order valence-electron chi connectivity index (χ2n) is 2.38. The molecule has 0 spiro atoms. The van der Waals surface area contributed by atoms with Crippen molar-refractivity contribution in [3.05, 3.63) is 19.6 Å². The molecule has 1 radical (unpaired) electrons. The van der Waals surface area contributed by atoms with Crippen LogP contribution < -0.4 is 0 Å². The van der Waals surface area contributed by atoms with Crippen molar-refractivity contribution in [2.75, 3.05) is 13.2 Å². The van der Waals surface area contributed by atoms with Crippen LogP contribution in [0.2, 0.25) is 0 Å². The lowest BCUT2D eigenvalue weighted by Crippen LogP contribution is -2.21. The third-order valence-electron chi connectivity index (χ3n) is 1.16. The van der Waals surface area contributed by atoms with Gasteiger partial charge in [0.05, 0.1) is 18.8 Å². The summed E-state index contributed by atoms with van der Waals surface area (Å²) in [4.78, 5) is 0. The maximum absolute atomic E-state index is 5.35. The first-order valence-electron chi connectivity index (χ1n) is 3.89. The zero-order valence-corrected chi connectivity index (χ0v) is 7.38. The van der Waals surface area contributed by atoms with E-state index in [9.17, 15) is 0 Å². The van der Waals surface area contributed by atoms with E-state index in [0.717, 1.165) is 0 Å². The van der Waals surface area contributed by atoms with Gasteiger partial charge in [-0.05, 0) is 20.8 Å². The lowest BCUT2D eigenvalue weighted by Gasteiger charge is -2.15. The molecular formula is C9H17O2. The molecule has 0 N–H and O–H groups in total. The van der Waals surface area contributed by atoms with Gasteiger partial charge in [0, 0.05) is 6.61 Å². The zero-order valence-electron chi connectivity index (χ0n) is 7.38. The Morgan fingerprint density at radius 3 is 2.55 bits per heavy atom. The summed E-state index contributed by atoms with van der Waals surface area (Å²) in [6.07, 6.45) is 1.69. The van der Waals surface area contributed by atoms with Gasteiger partial charge in [0.2, 0.25) is 0 Å². The van der Waals surface area contributed by atoms with Crippen LogP contribution in [0.3, 0.4) is 0 Å². The average molecular weight is 157 g/mol. The van der Waals surface area contributed by atoms with Crippen LogP contribution in [0.1, 0.15) is 13.8 Å².